The summed E-state index contributed by atoms with van der Waals surface area (Å²) < 4.78 is 0. The van der Waals surface area contributed by atoms with E-state index in [0.29, 0.717) is 0 Å². The van der Waals surface area contributed by atoms with Crippen molar-refractivity contribution in [2.75, 3.05) is 0 Å². The second kappa shape index (κ2) is 1.14. The van der Waals surface area contributed by atoms with Crippen molar-refractivity contribution in [3.05, 3.63) is 0 Å². The summed E-state index contributed by atoms with van der Waals surface area (Å²) in [4.78, 5) is 0. The maximum absolute atomic E-state index is 2.61. The van der Waals surface area contributed by atoms with E-state index in [4.69, 9.17) is 0 Å². The molecule has 0 heterocycles. The van der Waals surface area contributed by atoms with E-state index in [-0.39, 0.29) is 0 Å². The van der Waals surface area contributed by atoms with Gasteiger partial charge in [-0.05, 0) is 66.1 Å². The average Bonchev–Trinajstić information content (AvgIpc) is 2.85. The molecule has 0 amide bonds. The maximum Gasteiger partial charge on any atom is -0.0227 e. The summed E-state index contributed by atoms with van der Waals surface area (Å²) in [6, 6.07) is 0. The van der Waals surface area contributed by atoms with E-state index in [0.717, 1.165) is 10.8 Å². The molecule has 0 nitrogen and oxygen atoms in total. The molecule has 5 rings (SSSR count). The Kier molecular flexibility index (Phi) is 0.541. The average molecular weight is 160 g/mol. The highest BCUT2D eigenvalue weighted by Gasteiger charge is 2.87. The Morgan fingerprint density at radius 2 is 2.00 bits per heavy atom. The molecule has 0 saturated heterocycles. The predicted molar refractivity (Wildman–Crippen MR) is 46.5 cm³/mol. The summed E-state index contributed by atoms with van der Waals surface area (Å²) in [6.45, 7) is 2.61. The van der Waals surface area contributed by atoms with Crippen LogP contribution in [0.25, 0.3) is 0 Å². The summed E-state index contributed by atoms with van der Waals surface area (Å²) in [5, 5.41) is 0. The molecular formula is C12H16. The molecule has 5 aliphatic carbocycles. The van der Waals surface area contributed by atoms with Crippen molar-refractivity contribution in [3.8, 4) is 0 Å². The van der Waals surface area contributed by atoms with Gasteiger partial charge < -0.3 is 0 Å². The molecule has 5 saturated carbocycles. The first-order valence-corrected chi connectivity index (χ1v) is 5.77. The fourth-order valence-electron chi connectivity index (χ4n) is 6.04. The maximum atomic E-state index is 2.61. The zero-order chi connectivity index (χ0) is 7.72. The Morgan fingerprint density at radius 1 is 1.17 bits per heavy atom. The van der Waals surface area contributed by atoms with Crippen molar-refractivity contribution in [1.29, 1.82) is 0 Å². The van der Waals surface area contributed by atoms with Gasteiger partial charge >= 0.3 is 0 Å². The van der Waals surface area contributed by atoms with Gasteiger partial charge in [-0.3, -0.25) is 0 Å². The van der Waals surface area contributed by atoms with Crippen LogP contribution in [-0.4, -0.2) is 0 Å². The van der Waals surface area contributed by atoms with Crippen molar-refractivity contribution < 1.29 is 0 Å². The van der Waals surface area contributed by atoms with Gasteiger partial charge in [-0.25, -0.2) is 0 Å². The van der Waals surface area contributed by atoms with Gasteiger partial charge in [0.15, 0.2) is 0 Å². The summed E-state index contributed by atoms with van der Waals surface area (Å²) in [7, 11) is 0. The second-order valence-electron chi connectivity index (χ2n) is 6.62. The highest BCUT2D eigenvalue weighted by atomic mass is 14.9. The molecule has 6 atom stereocenters. The van der Waals surface area contributed by atoms with Gasteiger partial charge in [0.2, 0.25) is 0 Å². The second-order valence-corrected chi connectivity index (χ2v) is 6.62. The van der Waals surface area contributed by atoms with Gasteiger partial charge in [0.05, 0.1) is 0 Å². The van der Waals surface area contributed by atoms with Crippen LogP contribution in [0.1, 0.15) is 32.6 Å². The first-order valence-electron chi connectivity index (χ1n) is 5.77. The molecule has 0 aromatic carbocycles. The van der Waals surface area contributed by atoms with Crippen molar-refractivity contribution in [2.45, 2.75) is 32.6 Å². The lowest BCUT2D eigenvalue weighted by Crippen LogP contribution is -2.19. The fraction of sp³-hybridized carbons (Fsp3) is 1.00. The van der Waals surface area contributed by atoms with E-state index >= 15 is 0 Å². The van der Waals surface area contributed by atoms with Gasteiger partial charge in [-0.15, -0.1) is 0 Å². The molecule has 0 N–H and O–H groups in total. The zero-order valence-electron chi connectivity index (χ0n) is 7.72. The van der Waals surface area contributed by atoms with Crippen LogP contribution < -0.4 is 0 Å². The van der Waals surface area contributed by atoms with E-state index in [1.165, 1.54) is 29.6 Å². The SMILES string of the molecule is CC12CC1C1C3CC3C2C12CC2. The number of hydrogen-bond donors (Lipinski definition) is 0. The lowest BCUT2D eigenvalue weighted by atomic mass is 9.80. The summed E-state index contributed by atoms with van der Waals surface area (Å²) in [6.07, 6.45) is 6.52. The standard InChI is InChI=1S/C12H16/c1-11-5-8(11)9-6-4-7(6)10(11)12(9)2-3-12/h6-10H,2-5H2,1H3. The molecule has 64 valence electrons. The van der Waals surface area contributed by atoms with Crippen LogP contribution in [0.4, 0.5) is 0 Å². The third kappa shape index (κ3) is 0.324. The van der Waals surface area contributed by atoms with Gasteiger partial charge in [-0.1, -0.05) is 6.92 Å². The molecule has 0 aromatic rings. The Balaban J connectivity index is 1.79. The summed E-state index contributed by atoms with van der Waals surface area (Å²) in [5.74, 6) is 6.18. The van der Waals surface area contributed by atoms with Crippen molar-refractivity contribution in [1.82, 2.24) is 0 Å². The van der Waals surface area contributed by atoms with E-state index in [1.54, 1.807) is 25.7 Å². The highest BCUT2D eigenvalue weighted by molar-refractivity contribution is 5.35. The van der Waals surface area contributed by atoms with Crippen LogP contribution in [0, 0.1) is 40.4 Å². The highest BCUT2D eigenvalue weighted by Crippen LogP contribution is 2.93. The minimum absolute atomic E-state index is 0.888. The van der Waals surface area contributed by atoms with E-state index in [9.17, 15) is 0 Å². The van der Waals surface area contributed by atoms with Crippen LogP contribution in [0.5, 0.6) is 0 Å². The molecule has 0 aromatic heterocycles. The Bertz CT molecular complexity index is 301. The molecule has 6 unspecified atom stereocenters. The van der Waals surface area contributed by atoms with E-state index < -0.39 is 0 Å². The van der Waals surface area contributed by atoms with Crippen LogP contribution in [-0.2, 0) is 0 Å². The molecule has 0 aliphatic heterocycles. The molecular weight excluding hydrogens is 144 g/mol. The molecule has 12 heavy (non-hydrogen) atoms. The first-order chi connectivity index (χ1) is 5.77. The molecule has 2 bridgehead atoms. The molecule has 0 heteroatoms. The molecule has 0 radical (unpaired) electrons. The Hall–Kier alpha value is 0. The third-order valence-electron chi connectivity index (χ3n) is 6.38. The Morgan fingerprint density at radius 3 is 2.58 bits per heavy atom. The normalized spacial score (nSPS) is 77.2. The van der Waals surface area contributed by atoms with Crippen LogP contribution in [0.15, 0.2) is 0 Å². The first kappa shape index (κ1) is 5.67. The fourth-order valence-corrected chi connectivity index (χ4v) is 6.04. The quantitative estimate of drug-likeness (QED) is 0.511. The molecule has 5 aliphatic rings. The van der Waals surface area contributed by atoms with Crippen molar-refractivity contribution in [2.24, 2.45) is 40.4 Å². The van der Waals surface area contributed by atoms with E-state index in [1.807, 2.05) is 0 Å². The van der Waals surface area contributed by atoms with Crippen molar-refractivity contribution in [3.63, 3.8) is 0 Å². The summed E-state index contributed by atoms with van der Waals surface area (Å²) in [5.41, 5.74) is 1.87. The van der Waals surface area contributed by atoms with Crippen LogP contribution in [0.2, 0.25) is 0 Å². The van der Waals surface area contributed by atoms with Crippen LogP contribution >= 0.6 is 0 Å². The lowest BCUT2D eigenvalue weighted by Gasteiger charge is -2.24. The van der Waals surface area contributed by atoms with Gasteiger partial charge in [0.25, 0.3) is 0 Å². The Labute approximate surface area is 73.7 Å². The lowest BCUT2D eigenvalue weighted by molar-refractivity contribution is 0.229. The number of rotatable bonds is 0. The van der Waals surface area contributed by atoms with Gasteiger partial charge in [-0.2, -0.15) is 0 Å². The minimum Gasteiger partial charge on any atom is -0.0591 e. The number of hydrogen-bond acceptors (Lipinski definition) is 0. The minimum atomic E-state index is 0.888. The van der Waals surface area contributed by atoms with Crippen molar-refractivity contribution >= 4 is 0 Å². The third-order valence-corrected chi connectivity index (χ3v) is 6.38. The largest absolute Gasteiger partial charge is 0.0591 e. The molecule has 5 fully saturated rings. The molecule has 1 spiro atoms. The zero-order valence-corrected chi connectivity index (χ0v) is 7.72. The predicted octanol–water partition coefficient (Wildman–Crippen LogP) is 2.69. The van der Waals surface area contributed by atoms with Crippen LogP contribution in [0.3, 0.4) is 0 Å². The van der Waals surface area contributed by atoms with Gasteiger partial charge in [0.1, 0.15) is 0 Å². The smallest absolute Gasteiger partial charge is 0.0227 e. The topological polar surface area (TPSA) is 0 Å². The van der Waals surface area contributed by atoms with E-state index in [2.05, 4.69) is 6.92 Å². The number of fused-ring (bicyclic) bond motifs is 6. The van der Waals surface area contributed by atoms with Gasteiger partial charge in [0, 0.05) is 0 Å². The monoisotopic (exact) mass is 160 g/mol. The summed E-state index contributed by atoms with van der Waals surface area (Å²) >= 11 is 0.